The largest absolute Gasteiger partial charge is 0.397 e. The standard InChI is InChI=1S/C17H21N3O/c1-4-8-20-9-13-14(17(20)21)15(18)12-7-5-6-11(10(2)3)16(12)19-13/h5-7,10H,4,8-9H2,1-3H3,(H2,18,19). The summed E-state index contributed by atoms with van der Waals surface area (Å²) in [5.74, 6) is 0.399. The molecule has 2 N–H and O–H groups in total. The van der Waals surface area contributed by atoms with E-state index in [2.05, 4.69) is 26.8 Å². The Morgan fingerprint density at radius 3 is 2.81 bits per heavy atom. The van der Waals surface area contributed by atoms with E-state index in [1.54, 1.807) is 0 Å². The molecular weight excluding hydrogens is 262 g/mol. The van der Waals surface area contributed by atoms with Crippen molar-refractivity contribution in [2.24, 2.45) is 0 Å². The first-order valence-corrected chi connectivity index (χ1v) is 7.54. The van der Waals surface area contributed by atoms with Crippen LogP contribution in [-0.4, -0.2) is 22.3 Å². The highest BCUT2D eigenvalue weighted by Crippen LogP contribution is 2.35. The summed E-state index contributed by atoms with van der Waals surface area (Å²) in [6.07, 6.45) is 0.941. The summed E-state index contributed by atoms with van der Waals surface area (Å²) in [6, 6.07) is 6.04. The van der Waals surface area contributed by atoms with Gasteiger partial charge in [0.15, 0.2) is 0 Å². The zero-order valence-electron chi connectivity index (χ0n) is 12.8. The van der Waals surface area contributed by atoms with Gasteiger partial charge < -0.3 is 10.6 Å². The summed E-state index contributed by atoms with van der Waals surface area (Å²) >= 11 is 0. The van der Waals surface area contributed by atoms with E-state index >= 15 is 0 Å². The van der Waals surface area contributed by atoms with Crippen LogP contribution in [-0.2, 0) is 6.54 Å². The van der Waals surface area contributed by atoms with Gasteiger partial charge in [-0.25, -0.2) is 4.98 Å². The number of nitrogen functional groups attached to an aromatic ring is 1. The lowest BCUT2D eigenvalue weighted by Crippen LogP contribution is -2.24. The van der Waals surface area contributed by atoms with Crippen molar-refractivity contribution in [3.8, 4) is 0 Å². The minimum atomic E-state index is 0.0219. The number of pyridine rings is 1. The number of rotatable bonds is 3. The molecule has 3 rings (SSSR count). The van der Waals surface area contributed by atoms with E-state index in [0.29, 0.717) is 23.7 Å². The molecule has 2 aromatic rings. The first-order chi connectivity index (χ1) is 10.0. The average Bonchev–Trinajstić information content (AvgIpc) is 2.75. The van der Waals surface area contributed by atoms with Crippen LogP contribution in [0.1, 0.15) is 54.7 Å². The van der Waals surface area contributed by atoms with E-state index in [4.69, 9.17) is 10.7 Å². The fourth-order valence-corrected chi connectivity index (χ4v) is 3.06. The fraction of sp³-hybridized carbons (Fsp3) is 0.412. The summed E-state index contributed by atoms with van der Waals surface area (Å²) in [4.78, 5) is 19.1. The Kier molecular flexibility index (Phi) is 3.32. The number of fused-ring (bicyclic) bond motifs is 2. The van der Waals surface area contributed by atoms with Gasteiger partial charge in [-0.2, -0.15) is 0 Å². The Balaban J connectivity index is 2.23. The van der Waals surface area contributed by atoms with E-state index < -0.39 is 0 Å². The quantitative estimate of drug-likeness (QED) is 0.940. The molecule has 1 aromatic carbocycles. The highest BCUT2D eigenvalue weighted by Gasteiger charge is 2.31. The minimum absolute atomic E-state index is 0.0219. The third-order valence-corrected chi connectivity index (χ3v) is 4.12. The Morgan fingerprint density at radius 1 is 1.38 bits per heavy atom. The number of nitrogens with two attached hydrogens (primary N) is 1. The molecule has 0 unspecified atom stereocenters. The molecule has 1 aliphatic heterocycles. The lowest BCUT2D eigenvalue weighted by Gasteiger charge is -2.13. The molecule has 0 saturated heterocycles. The highest BCUT2D eigenvalue weighted by atomic mass is 16.2. The first-order valence-electron chi connectivity index (χ1n) is 7.54. The summed E-state index contributed by atoms with van der Waals surface area (Å²) < 4.78 is 0. The molecule has 1 aromatic heterocycles. The van der Waals surface area contributed by atoms with E-state index in [9.17, 15) is 4.79 Å². The molecule has 4 heteroatoms. The van der Waals surface area contributed by atoms with Gasteiger partial charge in [-0.1, -0.05) is 39.0 Å². The topological polar surface area (TPSA) is 59.2 Å². The van der Waals surface area contributed by atoms with Crippen LogP contribution in [0.5, 0.6) is 0 Å². The van der Waals surface area contributed by atoms with Crippen molar-refractivity contribution in [1.82, 2.24) is 9.88 Å². The number of anilines is 1. The van der Waals surface area contributed by atoms with E-state index in [1.165, 1.54) is 5.56 Å². The molecule has 0 radical (unpaired) electrons. The number of carbonyl (C=O) groups is 1. The van der Waals surface area contributed by atoms with E-state index in [0.717, 1.165) is 29.6 Å². The van der Waals surface area contributed by atoms with Crippen LogP contribution < -0.4 is 5.73 Å². The van der Waals surface area contributed by atoms with Gasteiger partial charge in [-0.3, -0.25) is 4.79 Å². The van der Waals surface area contributed by atoms with Crippen molar-refractivity contribution >= 4 is 22.5 Å². The number of hydrogen-bond acceptors (Lipinski definition) is 3. The summed E-state index contributed by atoms with van der Waals surface area (Å²) in [6.45, 7) is 7.69. The first kappa shape index (κ1) is 13.9. The van der Waals surface area contributed by atoms with Crippen LogP contribution in [0, 0.1) is 0 Å². The average molecular weight is 283 g/mol. The second-order valence-corrected chi connectivity index (χ2v) is 5.97. The number of benzene rings is 1. The molecular formula is C17H21N3O. The molecule has 4 nitrogen and oxygen atoms in total. The Labute approximate surface area is 125 Å². The summed E-state index contributed by atoms with van der Waals surface area (Å²) in [7, 11) is 0. The molecule has 0 spiro atoms. The van der Waals surface area contributed by atoms with Crippen LogP contribution >= 0.6 is 0 Å². The molecule has 21 heavy (non-hydrogen) atoms. The summed E-state index contributed by atoms with van der Waals surface area (Å²) in [5, 5.41) is 0.895. The molecule has 110 valence electrons. The van der Waals surface area contributed by atoms with E-state index in [1.807, 2.05) is 17.0 Å². The highest BCUT2D eigenvalue weighted by molar-refractivity contribution is 6.09. The number of carbonyl (C=O) groups excluding carboxylic acids is 1. The molecule has 1 aliphatic rings. The number of amides is 1. The van der Waals surface area contributed by atoms with Crippen molar-refractivity contribution in [3.05, 3.63) is 35.0 Å². The Bertz CT molecular complexity index is 722. The van der Waals surface area contributed by atoms with Crippen molar-refractivity contribution in [2.45, 2.75) is 39.7 Å². The maximum absolute atomic E-state index is 12.5. The monoisotopic (exact) mass is 283 g/mol. The predicted octanol–water partition coefficient (Wildman–Crippen LogP) is 3.31. The Morgan fingerprint density at radius 2 is 2.14 bits per heavy atom. The maximum Gasteiger partial charge on any atom is 0.258 e. The van der Waals surface area contributed by atoms with Crippen LogP contribution in [0.4, 0.5) is 5.69 Å². The second-order valence-electron chi connectivity index (χ2n) is 5.97. The molecule has 2 heterocycles. The molecule has 0 fully saturated rings. The SMILES string of the molecule is CCCN1Cc2nc3c(C(C)C)cccc3c(N)c2C1=O. The zero-order valence-corrected chi connectivity index (χ0v) is 12.8. The molecule has 0 atom stereocenters. The number of aromatic nitrogens is 1. The van der Waals surface area contributed by atoms with Gasteiger partial charge in [0.25, 0.3) is 5.91 Å². The van der Waals surface area contributed by atoms with Gasteiger partial charge in [-0.15, -0.1) is 0 Å². The lowest BCUT2D eigenvalue weighted by molar-refractivity contribution is 0.0779. The van der Waals surface area contributed by atoms with Gasteiger partial charge in [0.1, 0.15) is 0 Å². The third kappa shape index (κ3) is 2.06. The van der Waals surface area contributed by atoms with Crippen molar-refractivity contribution < 1.29 is 4.79 Å². The van der Waals surface area contributed by atoms with Crippen molar-refractivity contribution in [2.75, 3.05) is 12.3 Å². The normalized spacial score (nSPS) is 14.3. The van der Waals surface area contributed by atoms with Gasteiger partial charge in [0, 0.05) is 11.9 Å². The van der Waals surface area contributed by atoms with Crippen molar-refractivity contribution in [3.63, 3.8) is 0 Å². The summed E-state index contributed by atoms with van der Waals surface area (Å²) in [5.41, 5.74) is 10.4. The maximum atomic E-state index is 12.5. The minimum Gasteiger partial charge on any atom is -0.397 e. The van der Waals surface area contributed by atoms with Crippen LogP contribution in [0.15, 0.2) is 18.2 Å². The van der Waals surface area contributed by atoms with E-state index in [-0.39, 0.29) is 5.91 Å². The number of hydrogen-bond donors (Lipinski definition) is 1. The molecule has 0 saturated carbocycles. The van der Waals surface area contributed by atoms with Crippen LogP contribution in [0.3, 0.4) is 0 Å². The molecule has 1 amide bonds. The fourth-order valence-electron chi connectivity index (χ4n) is 3.06. The van der Waals surface area contributed by atoms with Crippen LogP contribution in [0.25, 0.3) is 10.9 Å². The third-order valence-electron chi connectivity index (χ3n) is 4.12. The smallest absolute Gasteiger partial charge is 0.258 e. The second kappa shape index (κ2) is 5.02. The van der Waals surface area contributed by atoms with Crippen molar-refractivity contribution in [1.29, 1.82) is 0 Å². The van der Waals surface area contributed by atoms with Gasteiger partial charge >= 0.3 is 0 Å². The van der Waals surface area contributed by atoms with Gasteiger partial charge in [-0.05, 0) is 17.9 Å². The molecule has 0 aliphatic carbocycles. The predicted molar refractivity (Wildman–Crippen MR) is 85.3 cm³/mol. The van der Waals surface area contributed by atoms with Gasteiger partial charge in [0.2, 0.25) is 0 Å². The van der Waals surface area contributed by atoms with Crippen LogP contribution in [0.2, 0.25) is 0 Å². The number of nitrogens with zero attached hydrogens (tertiary/aromatic N) is 2. The Hall–Kier alpha value is -2.10. The zero-order chi connectivity index (χ0) is 15.1. The molecule has 0 bridgehead atoms. The van der Waals surface area contributed by atoms with Gasteiger partial charge in [0.05, 0.1) is 29.0 Å². The lowest BCUT2D eigenvalue weighted by atomic mass is 9.97. The number of para-hydroxylation sites is 1.